The highest BCUT2D eigenvalue weighted by atomic mass is 35.7. The molecule has 1 aliphatic heterocycles. The minimum Gasteiger partial charge on any atom is -0.329 e. The second-order valence-corrected chi connectivity index (χ2v) is 13.4. The number of halogens is 6. The molecule has 0 aliphatic carbocycles. The van der Waals surface area contributed by atoms with Gasteiger partial charge in [0, 0.05) is 28.1 Å². The Morgan fingerprint density at radius 1 is 1.29 bits per heavy atom. The van der Waals surface area contributed by atoms with Gasteiger partial charge in [0.05, 0.1) is 13.7 Å². The lowest BCUT2D eigenvalue weighted by Gasteiger charge is -2.51. The van der Waals surface area contributed by atoms with E-state index in [1.165, 1.54) is 0 Å². The molecule has 4 atom stereocenters. The van der Waals surface area contributed by atoms with Crippen molar-refractivity contribution in [2.75, 3.05) is 19.3 Å². The van der Waals surface area contributed by atoms with Crippen LogP contribution in [0.15, 0.2) is 0 Å². The van der Waals surface area contributed by atoms with Crippen molar-refractivity contribution in [2.24, 2.45) is 17.2 Å². The molecular formula is C6H15Cl6N6P3. The molecule has 0 amide bonds. The topological polar surface area (TPSA) is 96.6 Å². The molecule has 15 heteroatoms. The second kappa shape index (κ2) is 8.94. The number of nitrogens with one attached hydrogen (secondary N) is 1. The van der Waals surface area contributed by atoms with Crippen molar-refractivity contribution < 1.29 is 0 Å². The van der Waals surface area contributed by atoms with Gasteiger partial charge in [-0.2, -0.15) is 4.44 Å². The van der Waals surface area contributed by atoms with Crippen LogP contribution in [-0.2, 0) is 0 Å². The summed E-state index contributed by atoms with van der Waals surface area (Å²) in [5, 5.41) is 0. The number of hydrogen-bond acceptors (Lipinski definition) is 6. The smallest absolute Gasteiger partial charge is 0.226 e. The molecule has 0 bridgehead atoms. The minimum atomic E-state index is -1.95. The number of rotatable bonds is 6. The predicted octanol–water partition coefficient (Wildman–Crippen LogP) is 3.18. The third-order valence-electron chi connectivity index (χ3n) is 2.27. The maximum absolute atomic E-state index is 6.34. The summed E-state index contributed by atoms with van der Waals surface area (Å²) in [5.74, 6) is 0. The summed E-state index contributed by atoms with van der Waals surface area (Å²) in [4.78, 5) is 3.09. The Morgan fingerprint density at radius 2 is 1.86 bits per heavy atom. The Morgan fingerprint density at radius 3 is 2.29 bits per heavy atom. The van der Waals surface area contributed by atoms with Crippen LogP contribution in [0, 0.1) is 0 Å². The lowest BCUT2D eigenvalue weighted by Crippen LogP contribution is -2.55. The molecule has 0 aromatic rings. The van der Waals surface area contributed by atoms with Gasteiger partial charge in [0.15, 0.2) is 0 Å². The number of hydrogen-bond donors (Lipinski definition) is 4. The van der Waals surface area contributed by atoms with E-state index in [4.69, 9.17) is 86.4 Å². The summed E-state index contributed by atoms with van der Waals surface area (Å²) in [6.07, 6.45) is 0.391. The van der Waals surface area contributed by atoms with E-state index < -0.39 is 30.2 Å². The first-order valence-electron chi connectivity index (χ1n) is 5.48. The normalized spacial score (nSPS) is 29.0. The molecule has 4 unspecified atom stereocenters. The van der Waals surface area contributed by atoms with Gasteiger partial charge in [0.2, 0.25) is 8.91 Å². The van der Waals surface area contributed by atoms with Crippen LogP contribution in [0.25, 0.3) is 0 Å². The Bertz CT molecular complexity index is 345. The van der Waals surface area contributed by atoms with Gasteiger partial charge in [-0.05, 0) is 0 Å². The molecule has 1 saturated heterocycles. The highest BCUT2D eigenvalue weighted by Gasteiger charge is 2.56. The maximum Gasteiger partial charge on any atom is 0.226 e. The van der Waals surface area contributed by atoms with Gasteiger partial charge in [-0.3, -0.25) is 5.73 Å². The SMILES string of the molecule is NCCN1PNP(Cl)N(C(Cl)(Cl)C(N)(Cl)Cl)P1CC(N)Cl. The highest BCUT2D eigenvalue weighted by molar-refractivity contribution is 7.92. The van der Waals surface area contributed by atoms with Crippen LogP contribution in [0.2, 0.25) is 0 Å². The van der Waals surface area contributed by atoms with E-state index in [1.54, 1.807) is 4.44 Å². The van der Waals surface area contributed by atoms with Crippen molar-refractivity contribution in [3.05, 3.63) is 0 Å². The molecule has 0 aromatic carbocycles. The highest BCUT2D eigenvalue weighted by Crippen LogP contribution is 2.72. The lowest BCUT2D eigenvalue weighted by molar-refractivity contribution is 0.491. The predicted molar refractivity (Wildman–Crippen MR) is 100 cm³/mol. The molecule has 0 aromatic heterocycles. The van der Waals surface area contributed by atoms with Gasteiger partial charge in [-0.25, -0.2) is 9.30 Å². The molecular weight excluding hydrogens is 462 g/mol. The number of nitrogens with zero attached hydrogens (tertiary/aromatic N) is 2. The fourth-order valence-corrected chi connectivity index (χ4v) is 11.5. The van der Waals surface area contributed by atoms with Crippen LogP contribution in [0.4, 0.5) is 0 Å². The molecule has 1 rings (SSSR count). The average Bonchev–Trinajstić information content (AvgIpc) is 2.30. The lowest BCUT2D eigenvalue weighted by atomic mass is 10.6. The summed E-state index contributed by atoms with van der Waals surface area (Å²) in [6.45, 7) is 1.02. The van der Waals surface area contributed by atoms with E-state index in [2.05, 4.69) is 4.86 Å². The third kappa shape index (κ3) is 5.64. The van der Waals surface area contributed by atoms with Crippen LogP contribution < -0.4 is 22.1 Å². The zero-order valence-corrected chi connectivity index (χ0v) is 17.8. The van der Waals surface area contributed by atoms with Gasteiger partial charge in [-0.15, -0.1) is 11.6 Å². The average molecular weight is 477 g/mol. The van der Waals surface area contributed by atoms with Gasteiger partial charge >= 0.3 is 0 Å². The van der Waals surface area contributed by atoms with Crippen LogP contribution >= 0.6 is 93.9 Å². The van der Waals surface area contributed by atoms with E-state index >= 15 is 0 Å². The van der Waals surface area contributed by atoms with Crippen molar-refractivity contribution in [1.82, 2.24) is 13.7 Å². The standard InChI is InChI=1S/C6H15Cl6N6P3/c7-4(14)3-20-17(2-1-13)19-16-21(12)18(20)6(10,11)5(8,9)15/h4,16,19H,1-3,13-15H2. The van der Waals surface area contributed by atoms with Gasteiger partial charge in [0.25, 0.3) is 0 Å². The van der Waals surface area contributed by atoms with Crippen molar-refractivity contribution in [2.45, 2.75) is 14.4 Å². The van der Waals surface area contributed by atoms with Crippen LogP contribution in [0.5, 0.6) is 0 Å². The van der Waals surface area contributed by atoms with Gasteiger partial charge < -0.3 is 11.5 Å². The first kappa shape index (κ1) is 21.8. The molecule has 0 spiro atoms. The number of nitrogens with two attached hydrogens (primary N) is 3. The van der Waals surface area contributed by atoms with Crippen LogP contribution in [0.3, 0.4) is 0 Å². The minimum absolute atomic E-state index is 0.237. The Balaban J connectivity index is 3.13. The van der Waals surface area contributed by atoms with Crippen LogP contribution in [0.1, 0.15) is 0 Å². The van der Waals surface area contributed by atoms with Crippen molar-refractivity contribution in [3.8, 4) is 0 Å². The van der Waals surface area contributed by atoms with Crippen molar-refractivity contribution in [3.63, 3.8) is 0 Å². The molecule has 0 saturated carbocycles. The van der Waals surface area contributed by atoms with Crippen LogP contribution in [-0.4, -0.2) is 42.5 Å². The van der Waals surface area contributed by atoms with Crippen molar-refractivity contribution >= 4 is 93.9 Å². The first-order valence-corrected chi connectivity index (χ1v) is 12.0. The Hall–Kier alpha value is 2.79. The molecule has 0 radical (unpaired) electrons. The Kier molecular flexibility index (Phi) is 9.29. The number of alkyl halides is 5. The van der Waals surface area contributed by atoms with Gasteiger partial charge in [-0.1, -0.05) is 57.6 Å². The zero-order chi connectivity index (χ0) is 16.4. The Labute approximate surface area is 158 Å². The molecule has 1 heterocycles. The molecule has 126 valence electrons. The monoisotopic (exact) mass is 474 g/mol. The summed E-state index contributed by atoms with van der Waals surface area (Å²) in [5.41, 5.74) is 16.4. The molecule has 6 nitrogen and oxygen atoms in total. The van der Waals surface area contributed by atoms with E-state index in [0.29, 0.717) is 19.3 Å². The fraction of sp³-hybridized carbons (Fsp3) is 1.00. The maximum atomic E-state index is 6.34. The molecule has 21 heavy (non-hydrogen) atoms. The fourth-order valence-electron chi connectivity index (χ4n) is 1.41. The van der Waals surface area contributed by atoms with E-state index in [9.17, 15) is 0 Å². The largest absolute Gasteiger partial charge is 0.329 e. The third-order valence-corrected chi connectivity index (χ3v) is 13.1. The van der Waals surface area contributed by atoms with Crippen molar-refractivity contribution in [1.29, 1.82) is 0 Å². The van der Waals surface area contributed by atoms with E-state index in [1.807, 2.05) is 4.44 Å². The first-order chi connectivity index (χ1) is 9.52. The van der Waals surface area contributed by atoms with E-state index in [-0.39, 0.29) is 8.88 Å². The summed E-state index contributed by atoms with van der Waals surface area (Å²) < 4.78 is -0.195. The summed E-state index contributed by atoms with van der Waals surface area (Å²) >= 11 is 36.7. The second-order valence-electron chi connectivity index (χ2n) is 3.92. The zero-order valence-electron chi connectivity index (χ0n) is 10.5. The van der Waals surface area contributed by atoms with Gasteiger partial charge in [0.1, 0.15) is 7.58 Å². The molecule has 1 fully saturated rings. The summed E-state index contributed by atoms with van der Waals surface area (Å²) in [7, 11) is -2.36. The molecule has 1 aliphatic rings. The summed E-state index contributed by atoms with van der Waals surface area (Å²) in [6, 6.07) is 0. The molecule has 7 N–H and O–H groups in total. The van der Waals surface area contributed by atoms with E-state index in [0.717, 1.165) is 0 Å². The quantitative estimate of drug-likeness (QED) is 0.267.